The molecule has 1 saturated heterocycles. The smallest absolute Gasteiger partial charge is 0.244 e. The first-order valence-corrected chi connectivity index (χ1v) is 6.85. The molecule has 0 spiro atoms. The number of nitrogens with one attached hydrogen (secondary N) is 1. The van der Waals surface area contributed by atoms with E-state index >= 15 is 0 Å². The summed E-state index contributed by atoms with van der Waals surface area (Å²) >= 11 is 0. The third kappa shape index (κ3) is 2.55. The molecule has 5 heteroatoms. The van der Waals surface area contributed by atoms with Gasteiger partial charge in [0.2, 0.25) is 5.91 Å². The van der Waals surface area contributed by atoms with Crippen LogP contribution in [0.15, 0.2) is 24.3 Å². The Kier molecular flexibility index (Phi) is 4.40. The van der Waals surface area contributed by atoms with Crippen molar-refractivity contribution in [2.75, 3.05) is 20.3 Å². The SMILES string of the molecule is CCC1(C)NC(c2ccccc2F)N(CCOC)C1=O. The largest absolute Gasteiger partial charge is 0.383 e. The van der Waals surface area contributed by atoms with Gasteiger partial charge in [0.05, 0.1) is 12.1 Å². The van der Waals surface area contributed by atoms with Crippen LogP contribution in [-0.4, -0.2) is 36.6 Å². The second kappa shape index (κ2) is 5.89. The van der Waals surface area contributed by atoms with Crippen LogP contribution in [0.1, 0.15) is 32.0 Å². The van der Waals surface area contributed by atoms with Crippen molar-refractivity contribution in [2.45, 2.75) is 32.0 Å². The number of halogens is 1. The lowest BCUT2D eigenvalue weighted by Crippen LogP contribution is -2.43. The van der Waals surface area contributed by atoms with Crippen LogP contribution in [0.5, 0.6) is 0 Å². The molecule has 20 heavy (non-hydrogen) atoms. The van der Waals surface area contributed by atoms with Gasteiger partial charge < -0.3 is 9.64 Å². The van der Waals surface area contributed by atoms with Crippen LogP contribution in [0.3, 0.4) is 0 Å². The molecule has 110 valence electrons. The topological polar surface area (TPSA) is 41.6 Å². The molecule has 0 aromatic heterocycles. The molecule has 2 rings (SSSR count). The van der Waals surface area contributed by atoms with Crippen molar-refractivity contribution < 1.29 is 13.9 Å². The normalized spacial score (nSPS) is 26.3. The van der Waals surface area contributed by atoms with Crippen molar-refractivity contribution in [3.8, 4) is 0 Å². The van der Waals surface area contributed by atoms with Crippen molar-refractivity contribution >= 4 is 5.91 Å². The minimum atomic E-state index is -0.652. The maximum Gasteiger partial charge on any atom is 0.244 e. The van der Waals surface area contributed by atoms with Crippen LogP contribution in [0.4, 0.5) is 4.39 Å². The summed E-state index contributed by atoms with van der Waals surface area (Å²) in [6.45, 7) is 4.67. The van der Waals surface area contributed by atoms with Gasteiger partial charge >= 0.3 is 0 Å². The van der Waals surface area contributed by atoms with Crippen LogP contribution in [-0.2, 0) is 9.53 Å². The van der Waals surface area contributed by atoms with Gasteiger partial charge in [-0.05, 0) is 19.4 Å². The van der Waals surface area contributed by atoms with E-state index < -0.39 is 11.7 Å². The van der Waals surface area contributed by atoms with Crippen LogP contribution < -0.4 is 5.32 Å². The molecule has 1 aliphatic rings. The standard InChI is InChI=1S/C15H21FN2O2/c1-4-15(2)14(19)18(9-10-20-3)13(17-15)11-7-5-6-8-12(11)16/h5-8,13,17H,4,9-10H2,1-3H3. The molecule has 1 aromatic carbocycles. The minimum Gasteiger partial charge on any atom is -0.383 e. The van der Waals surface area contributed by atoms with Gasteiger partial charge in [0.1, 0.15) is 12.0 Å². The number of ether oxygens (including phenoxy) is 1. The molecule has 4 nitrogen and oxygen atoms in total. The molecular formula is C15H21FN2O2. The van der Waals surface area contributed by atoms with Crippen molar-refractivity contribution in [3.05, 3.63) is 35.6 Å². The van der Waals surface area contributed by atoms with E-state index in [1.807, 2.05) is 13.8 Å². The van der Waals surface area contributed by atoms with Gasteiger partial charge in [-0.2, -0.15) is 0 Å². The molecule has 1 heterocycles. The summed E-state index contributed by atoms with van der Waals surface area (Å²) in [6, 6.07) is 6.55. The molecular weight excluding hydrogens is 259 g/mol. The molecule has 0 aliphatic carbocycles. The van der Waals surface area contributed by atoms with Crippen LogP contribution in [0, 0.1) is 5.82 Å². The second-order valence-corrected chi connectivity index (χ2v) is 5.25. The maximum atomic E-state index is 14.0. The summed E-state index contributed by atoms with van der Waals surface area (Å²) in [4.78, 5) is 14.2. The fourth-order valence-electron chi connectivity index (χ4n) is 2.49. The van der Waals surface area contributed by atoms with Gasteiger partial charge in [-0.25, -0.2) is 4.39 Å². The number of carbonyl (C=O) groups is 1. The average molecular weight is 280 g/mol. The third-order valence-electron chi connectivity index (χ3n) is 3.94. The van der Waals surface area contributed by atoms with Crippen LogP contribution in [0.2, 0.25) is 0 Å². The Balaban J connectivity index is 2.34. The number of hydrogen-bond acceptors (Lipinski definition) is 3. The number of nitrogens with zero attached hydrogens (tertiary/aromatic N) is 1. The van der Waals surface area contributed by atoms with E-state index in [0.717, 1.165) is 0 Å². The highest BCUT2D eigenvalue weighted by Crippen LogP contribution is 2.33. The van der Waals surface area contributed by atoms with E-state index in [4.69, 9.17) is 4.74 Å². The number of rotatable bonds is 5. The lowest BCUT2D eigenvalue weighted by atomic mass is 9.99. The number of benzene rings is 1. The van der Waals surface area contributed by atoms with E-state index in [2.05, 4.69) is 5.32 Å². The summed E-state index contributed by atoms with van der Waals surface area (Å²) in [7, 11) is 1.59. The Labute approximate surface area is 118 Å². The Morgan fingerprint density at radius 2 is 2.15 bits per heavy atom. The molecule has 0 saturated carbocycles. The molecule has 1 fully saturated rings. The van der Waals surface area contributed by atoms with E-state index in [0.29, 0.717) is 25.1 Å². The summed E-state index contributed by atoms with van der Waals surface area (Å²) < 4.78 is 19.1. The zero-order chi connectivity index (χ0) is 14.8. The number of methoxy groups -OCH3 is 1. The molecule has 2 atom stereocenters. The third-order valence-corrected chi connectivity index (χ3v) is 3.94. The summed E-state index contributed by atoms with van der Waals surface area (Å²) in [6.07, 6.45) is 0.212. The number of hydrogen-bond donors (Lipinski definition) is 1. The Morgan fingerprint density at radius 1 is 1.45 bits per heavy atom. The Bertz CT molecular complexity index is 495. The molecule has 1 aliphatic heterocycles. The predicted octanol–water partition coefficient (Wildman–Crippen LogP) is 2.07. The molecule has 1 aromatic rings. The lowest BCUT2D eigenvalue weighted by molar-refractivity contribution is -0.133. The first-order chi connectivity index (χ1) is 9.53. The Morgan fingerprint density at radius 3 is 2.75 bits per heavy atom. The van der Waals surface area contributed by atoms with Gasteiger partial charge in [0.25, 0.3) is 0 Å². The quantitative estimate of drug-likeness (QED) is 0.897. The second-order valence-electron chi connectivity index (χ2n) is 5.25. The monoisotopic (exact) mass is 280 g/mol. The molecule has 2 unspecified atom stereocenters. The fourth-order valence-corrected chi connectivity index (χ4v) is 2.49. The van der Waals surface area contributed by atoms with Gasteiger partial charge in [-0.1, -0.05) is 25.1 Å². The summed E-state index contributed by atoms with van der Waals surface area (Å²) in [5.74, 6) is -0.314. The highest BCUT2D eigenvalue weighted by molar-refractivity contribution is 5.88. The molecule has 1 N–H and O–H groups in total. The lowest BCUT2D eigenvalue weighted by Gasteiger charge is -2.24. The van der Waals surface area contributed by atoms with E-state index in [-0.39, 0.29) is 11.7 Å². The zero-order valence-electron chi connectivity index (χ0n) is 12.1. The predicted molar refractivity (Wildman–Crippen MR) is 74.6 cm³/mol. The molecule has 0 bridgehead atoms. The molecule has 1 amide bonds. The average Bonchev–Trinajstić information content (AvgIpc) is 2.70. The highest BCUT2D eigenvalue weighted by atomic mass is 19.1. The van der Waals surface area contributed by atoms with Gasteiger partial charge in [0, 0.05) is 19.2 Å². The van der Waals surface area contributed by atoms with Crippen molar-refractivity contribution in [3.63, 3.8) is 0 Å². The number of amides is 1. The van der Waals surface area contributed by atoms with Crippen LogP contribution in [0.25, 0.3) is 0 Å². The van der Waals surface area contributed by atoms with E-state index in [1.54, 1.807) is 30.2 Å². The van der Waals surface area contributed by atoms with E-state index in [1.165, 1.54) is 6.07 Å². The van der Waals surface area contributed by atoms with Crippen molar-refractivity contribution in [1.29, 1.82) is 0 Å². The Hall–Kier alpha value is -1.46. The summed E-state index contributed by atoms with van der Waals surface area (Å²) in [5, 5.41) is 3.26. The van der Waals surface area contributed by atoms with Gasteiger partial charge in [0.15, 0.2) is 0 Å². The van der Waals surface area contributed by atoms with Gasteiger partial charge in [-0.3, -0.25) is 10.1 Å². The number of carbonyl (C=O) groups excluding carboxylic acids is 1. The van der Waals surface area contributed by atoms with Crippen molar-refractivity contribution in [2.24, 2.45) is 0 Å². The summed E-state index contributed by atoms with van der Waals surface area (Å²) in [5.41, 5.74) is -0.158. The molecule has 0 radical (unpaired) electrons. The maximum absolute atomic E-state index is 14.0. The fraction of sp³-hybridized carbons (Fsp3) is 0.533. The highest BCUT2D eigenvalue weighted by Gasteiger charge is 2.47. The minimum absolute atomic E-state index is 0.00898. The zero-order valence-corrected chi connectivity index (χ0v) is 12.1. The first-order valence-electron chi connectivity index (χ1n) is 6.85. The van der Waals surface area contributed by atoms with Crippen molar-refractivity contribution in [1.82, 2.24) is 10.2 Å². The van der Waals surface area contributed by atoms with E-state index in [9.17, 15) is 9.18 Å². The van der Waals surface area contributed by atoms with Gasteiger partial charge in [-0.15, -0.1) is 0 Å². The van der Waals surface area contributed by atoms with Crippen LogP contribution >= 0.6 is 0 Å². The first kappa shape index (κ1) is 14.9.